The quantitative estimate of drug-likeness (QED) is 0.539. The number of nitrogens with zero attached hydrogens (tertiary/aromatic N) is 1. The van der Waals surface area contributed by atoms with E-state index < -0.39 is 0 Å². The molecule has 0 aliphatic carbocycles. The second-order valence-corrected chi connectivity index (χ2v) is 3.58. The second-order valence-electron chi connectivity index (χ2n) is 3.58. The fraction of sp³-hybridized carbons (Fsp3) is 0.167. The van der Waals surface area contributed by atoms with Gasteiger partial charge in [0.25, 0.3) is 0 Å². The van der Waals surface area contributed by atoms with Gasteiger partial charge < -0.3 is 17.0 Å². The molecule has 0 aliphatic heterocycles. The maximum Gasteiger partial charge on any atom is 0.241 e. The van der Waals surface area contributed by atoms with E-state index >= 15 is 0 Å². The van der Waals surface area contributed by atoms with Gasteiger partial charge in [0.2, 0.25) is 12.1 Å². The maximum atomic E-state index is 11.8. The minimum atomic E-state index is 0. The molecule has 2 rings (SSSR count). The number of carbonyl (C=O) groups excluding carboxylic acids is 1. The zero-order valence-electron chi connectivity index (χ0n) is 8.98. The van der Waals surface area contributed by atoms with E-state index in [1.54, 1.807) is 12.5 Å². The van der Waals surface area contributed by atoms with Crippen molar-refractivity contribution in [2.24, 2.45) is 0 Å². The third kappa shape index (κ3) is 3.03. The zero-order valence-corrected chi connectivity index (χ0v) is 10.6. The number of benzene rings is 1. The molecule has 2 aromatic rings. The minimum Gasteiger partial charge on any atom is -1.00 e. The molecule has 84 valence electrons. The third-order valence-corrected chi connectivity index (χ3v) is 2.27. The molecule has 1 aromatic heterocycles. The van der Waals surface area contributed by atoms with Crippen LogP contribution in [-0.2, 0) is 6.54 Å². The number of aryl methyl sites for hydroxylation is 1. The predicted molar refractivity (Wildman–Crippen MR) is 56.5 cm³/mol. The lowest BCUT2D eigenvalue weighted by molar-refractivity contribution is -0.681. The van der Waals surface area contributed by atoms with Crippen LogP contribution in [0.2, 0.25) is 0 Å². The lowest BCUT2D eigenvalue weighted by Crippen LogP contribution is -3.00. The Hall–Kier alpha value is -1.42. The van der Waals surface area contributed by atoms with Gasteiger partial charge in [-0.3, -0.25) is 9.78 Å². The van der Waals surface area contributed by atoms with Crippen molar-refractivity contribution < 1.29 is 26.3 Å². The number of Topliss-reactive ketones (excluding diaryl/α,β-unsaturated/α-hetero) is 1. The average molecular weight is 281 g/mol. The molecule has 0 saturated carbocycles. The highest BCUT2D eigenvalue weighted by molar-refractivity contribution is 5.95. The van der Waals surface area contributed by atoms with Gasteiger partial charge in [-0.1, -0.05) is 23.8 Å². The van der Waals surface area contributed by atoms with Gasteiger partial charge in [-0.2, -0.15) is 0 Å². The molecular formula is C12H13BrN2O. The van der Waals surface area contributed by atoms with Gasteiger partial charge in [0.15, 0.2) is 6.54 Å². The summed E-state index contributed by atoms with van der Waals surface area (Å²) in [4.78, 5) is 14.7. The van der Waals surface area contributed by atoms with Crippen molar-refractivity contribution in [3.63, 3.8) is 0 Å². The van der Waals surface area contributed by atoms with Crippen LogP contribution in [0.1, 0.15) is 15.9 Å². The highest BCUT2D eigenvalue weighted by Crippen LogP contribution is 2.04. The highest BCUT2D eigenvalue weighted by Gasteiger charge is 2.09. The van der Waals surface area contributed by atoms with Crippen LogP contribution < -0.4 is 21.5 Å². The molecule has 16 heavy (non-hydrogen) atoms. The van der Waals surface area contributed by atoms with Crippen LogP contribution in [0, 0.1) is 6.92 Å². The molecule has 1 aromatic carbocycles. The molecule has 0 saturated heterocycles. The molecule has 1 heterocycles. The van der Waals surface area contributed by atoms with Gasteiger partial charge in [0.05, 0.1) is 0 Å². The van der Waals surface area contributed by atoms with E-state index in [1.165, 1.54) is 0 Å². The molecule has 1 N–H and O–H groups in total. The molecule has 4 heteroatoms. The van der Waals surface area contributed by atoms with E-state index in [2.05, 4.69) is 4.98 Å². The van der Waals surface area contributed by atoms with Gasteiger partial charge in [-0.05, 0) is 13.0 Å². The van der Waals surface area contributed by atoms with Crippen molar-refractivity contribution in [2.45, 2.75) is 13.5 Å². The maximum absolute atomic E-state index is 11.8. The Bertz CT molecular complexity index is 466. The van der Waals surface area contributed by atoms with Crippen LogP contribution in [0.4, 0.5) is 0 Å². The van der Waals surface area contributed by atoms with Crippen LogP contribution in [0.25, 0.3) is 0 Å². The van der Waals surface area contributed by atoms with E-state index in [9.17, 15) is 4.79 Å². The number of halogens is 1. The first-order chi connectivity index (χ1) is 7.25. The van der Waals surface area contributed by atoms with Crippen molar-refractivity contribution in [1.29, 1.82) is 0 Å². The van der Waals surface area contributed by atoms with Crippen molar-refractivity contribution in [2.75, 3.05) is 0 Å². The Morgan fingerprint density at radius 2 is 2.25 bits per heavy atom. The number of H-pyrrole nitrogens is 1. The van der Waals surface area contributed by atoms with Crippen LogP contribution in [0.5, 0.6) is 0 Å². The smallest absolute Gasteiger partial charge is 0.241 e. The number of carbonyl (C=O) groups is 1. The molecule has 0 spiro atoms. The molecule has 0 aliphatic rings. The average Bonchev–Trinajstić information content (AvgIpc) is 2.70. The fourth-order valence-electron chi connectivity index (χ4n) is 1.49. The summed E-state index contributed by atoms with van der Waals surface area (Å²) in [6.07, 6.45) is 5.41. The summed E-state index contributed by atoms with van der Waals surface area (Å²) in [5.74, 6) is 0.128. The summed E-state index contributed by atoms with van der Waals surface area (Å²) in [6, 6.07) is 7.66. The topological polar surface area (TPSA) is 36.7 Å². The molecule has 3 nitrogen and oxygen atoms in total. The lowest BCUT2D eigenvalue weighted by atomic mass is 10.1. The largest absolute Gasteiger partial charge is 1.00 e. The summed E-state index contributed by atoms with van der Waals surface area (Å²) in [5, 5.41) is 0. The van der Waals surface area contributed by atoms with Crippen LogP contribution in [-0.4, -0.2) is 10.8 Å². The van der Waals surface area contributed by atoms with Gasteiger partial charge in [-0.15, -0.1) is 0 Å². The van der Waals surface area contributed by atoms with Crippen molar-refractivity contribution >= 4 is 5.78 Å². The number of hydrogen-bond donors (Lipinski definition) is 1. The first-order valence-corrected chi connectivity index (χ1v) is 4.87. The molecule has 0 atom stereocenters. The molecule has 0 unspecified atom stereocenters. The van der Waals surface area contributed by atoms with E-state index in [-0.39, 0.29) is 22.8 Å². The van der Waals surface area contributed by atoms with Gasteiger partial charge in [-0.25, -0.2) is 4.57 Å². The summed E-state index contributed by atoms with van der Waals surface area (Å²) < 4.78 is 1.82. The Morgan fingerprint density at radius 1 is 1.44 bits per heavy atom. The molecule has 0 fully saturated rings. The minimum absolute atomic E-state index is 0. The molecule has 0 amide bonds. The predicted octanol–water partition coefficient (Wildman–Crippen LogP) is -1.50. The SMILES string of the molecule is Cc1cccc(C(=O)C[n+]2cc[nH]c2)c1.[Br-]. The molecular weight excluding hydrogens is 268 g/mol. The zero-order chi connectivity index (χ0) is 10.7. The van der Waals surface area contributed by atoms with E-state index in [4.69, 9.17) is 0 Å². The number of hydrogen-bond acceptors (Lipinski definition) is 1. The van der Waals surface area contributed by atoms with Gasteiger partial charge in [0, 0.05) is 5.56 Å². The lowest BCUT2D eigenvalue weighted by Gasteiger charge is -1.99. The molecule has 0 bridgehead atoms. The number of ketones is 1. The summed E-state index contributed by atoms with van der Waals surface area (Å²) in [6.45, 7) is 2.37. The monoisotopic (exact) mass is 280 g/mol. The standard InChI is InChI=1S/C12H12N2O.BrH/c1-10-3-2-4-11(7-10)12(15)8-14-6-5-13-9-14;/h2-7,9H,8H2,1H3;1H. The first-order valence-electron chi connectivity index (χ1n) is 4.87. The third-order valence-electron chi connectivity index (χ3n) is 2.27. The van der Waals surface area contributed by atoms with Gasteiger partial charge in [0.1, 0.15) is 12.4 Å². The van der Waals surface area contributed by atoms with Crippen LogP contribution in [0.3, 0.4) is 0 Å². The van der Waals surface area contributed by atoms with E-state index in [1.807, 2.05) is 42.0 Å². The van der Waals surface area contributed by atoms with Crippen LogP contribution in [0.15, 0.2) is 43.0 Å². The number of aromatic amines is 1. The summed E-state index contributed by atoms with van der Waals surface area (Å²) in [7, 11) is 0. The number of aromatic nitrogens is 2. The van der Waals surface area contributed by atoms with Crippen molar-refractivity contribution in [3.05, 3.63) is 54.1 Å². The Kier molecular flexibility index (Phi) is 4.43. The van der Waals surface area contributed by atoms with Crippen molar-refractivity contribution in [1.82, 2.24) is 4.98 Å². The summed E-state index contributed by atoms with van der Waals surface area (Å²) >= 11 is 0. The van der Waals surface area contributed by atoms with Crippen LogP contribution >= 0.6 is 0 Å². The Balaban J connectivity index is 0.00000128. The van der Waals surface area contributed by atoms with Gasteiger partial charge >= 0.3 is 0 Å². The number of nitrogens with one attached hydrogen (secondary N) is 1. The Morgan fingerprint density at radius 3 is 2.88 bits per heavy atom. The fourth-order valence-corrected chi connectivity index (χ4v) is 1.49. The normalized spacial score (nSPS) is 9.56. The molecule has 0 radical (unpaired) electrons. The second kappa shape index (κ2) is 5.61. The Labute approximate surface area is 105 Å². The number of rotatable bonds is 3. The van der Waals surface area contributed by atoms with Crippen molar-refractivity contribution in [3.8, 4) is 0 Å². The van der Waals surface area contributed by atoms with E-state index in [0.717, 1.165) is 11.1 Å². The summed E-state index contributed by atoms with van der Waals surface area (Å²) in [5.41, 5.74) is 1.88. The van der Waals surface area contributed by atoms with E-state index in [0.29, 0.717) is 6.54 Å². The first kappa shape index (κ1) is 12.6. The number of imidazole rings is 1. The highest BCUT2D eigenvalue weighted by atomic mass is 79.9.